The minimum Gasteiger partial charge on any atom is -0.436 e. The van der Waals surface area contributed by atoms with Crippen molar-refractivity contribution in [2.45, 2.75) is 64.6 Å². The van der Waals surface area contributed by atoms with Gasteiger partial charge in [0.1, 0.15) is 0 Å². The molecule has 0 spiro atoms. The van der Waals surface area contributed by atoms with Crippen LogP contribution < -0.4 is 11.1 Å². The number of hydrogen-bond donors (Lipinski definition) is 2. The van der Waals surface area contributed by atoms with Crippen LogP contribution in [0.3, 0.4) is 0 Å². The second-order valence-corrected chi connectivity index (χ2v) is 27.1. The van der Waals surface area contributed by atoms with Crippen LogP contribution in [0.15, 0.2) is 0 Å². The van der Waals surface area contributed by atoms with Gasteiger partial charge < -0.3 is 19.3 Å². The molecule has 0 aromatic rings. The first-order chi connectivity index (χ1) is 8.68. The summed E-state index contributed by atoms with van der Waals surface area (Å²) in [5.74, 6) is 0. The van der Waals surface area contributed by atoms with Crippen molar-refractivity contribution in [1.82, 2.24) is 5.32 Å². The summed E-state index contributed by atoms with van der Waals surface area (Å²) in [6, 6.07) is 0. The van der Waals surface area contributed by atoms with Gasteiger partial charge in [0.05, 0.1) is 0 Å². The highest BCUT2D eigenvalue weighted by Crippen LogP contribution is 2.26. The number of nitrogens with two attached hydrogens (primary N) is 1. The van der Waals surface area contributed by atoms with Gasteiger partial charge in [-0.05, 0) is 44.9 Å². The molecule has 0 saturated heterocycles. The van der Waals surface area contributed by atoms with Crippen molar-refractivity contribution in [2.75, 3.05) is 12.8 Å². The fraction of sp³-hybridized carbons (Fsp3) is 1.00. The Labute approximate surface area is 130 Å². The molecule has 3 N–H and O–H groups in total. The zero-order valence-electron chi connectivity index (χ0n) is 15.0. The summed E-state index contributed by atoms with van der Waals surface area (Å²) in [6.45, 7) is 21.3. The summed E-state index contributed by atoms with van der Waals surface area (Å²) >= 11 is 0. The molecule has 1 atom stereocenters. The van der Waals surface area contributed by atoms with Gasteiger partial charge in [-0.2, -0.15) is 0 Å². The van der Waals surface area contributed by atoms with E-state index in [1.165, 1.54) is 5.67 Å². The lowest BCUT2D eigenvalue weighted by atomic mass is 11.1. The maximum atomic E-state index is 6.69. The zero-order valence-corrected chi connectivity index (χ0v) is 19.0. The molecule has 4 nitrogen and oxygen atoms in total. The van der Waals surface area contributed by atoms with Gasteiger partial charge in [-0.3, -0.25) is 0 Å². The van der Waals surface area contributed by atoms with E-state index in [0.29, 0.717) is 6.67 Å². The first-order valence-corrected chi connectivity index (χ1v) is 20.2. The van der Waals surface area contributed by atoms with E-state index in [1.54, 1.807) is 0 Å². The molecule has 0 aromatic carbocycles. The molecule has 0 rings (SSSR count). The predicted molar refractivity (Wildman–Crippen MR) is 99.8 cm³/mol. The fourth-order valence-corrected chi connectivity index (χ4v) is 25.7. The Balaban J connectivity index is 4.96. The molecule has 0 amide bonds. The summed E-state index contributed by atoms with van der Waals surface area (Å²) < 4.78 is 13.2. The minimum absolute atomic E-state index is 0.483. The van der Waals surface area contributed by atoms with Crippen molar-refractivity contribution < 1.29 is 8.23 Å². The van der Waals surface area contributed by atoms with Crippen molar-refractivity contribution in [3.05, 3.63) is 0 Å². The van der Waals surface area contributed by atoms with E-state index in [0.717, 1.165) is 6.17 Å². The van der Waals surface area contributed by atoms with Crippen LogP contribution in [0.4, 0.5) is 0 Å². The van der Waals surface area contributed by atoms with Crippen LogP contribution in [-0.4, -0.2) is 46.1 Å². The molecule has 0 aliphatic rings. The van der Waals surface area contributed by atoms with Gasteiger partial charge in [0, 0.05) is 20.9 Å². The molecule has 0 bridgehead atoms. The minimum atomic E-state index is -2.19. The maximum Gasteiger partial charge on any atom is 0.328 e. The SMILES string of the molecule is C[Si](C)(C)C[Si](C)(C)O[Si](C)(CNCN)O[Si](C)(C)C. The topological polar surface area (TPSA) is 56.5 Å². The molecule has 0 aliphatic carbocycles. The van der Waals surface area contributed by atoms with E-state index in [4.69, 9.17) is 14.0 Å². The van der Waals surface area contributed by atoms with Gasteiger partial charge in [-0.1, -0.05) is 19.6 Å². The normalized spacial score (nSPS) is 17.1. The highest BCUT2D eigenvalue weighted by atomic mass is 28.5. The molecule has 0 aliphatic heterocycles. The molecule has 0 fully saturated rings. The van der Waals surface area contributed by atoms with Gasteiger partial charge in [-0.15, -0.1) is 0 Å². The lowest BCUT2D eigenvalue weighted by molar-refractivity contribution is 0.377. The summed E-state index contributed by atoms with van der Waals surface area (Å²) in [4.78, 5) is 0. The fourth-order valence-electron chi connectivity index (χ4n) is 2.94. The van der Waals surface area contributed by atoms with E-state index < -0.39 is 33.3 Å². The van der Waals surface area contributed by atoms with E-state index >= 15 is 0 Å². The average Bonchev–Trinajstić information content (AvgIpc) is 2.05. The summed E-state index contributed by atoms with van der Waals surface area (Å²) in [5, 5.41) is 3.24. The quantitative estimate of drug-likeness (QED) is 0.494. The maximum absolute atomic E-state index is 6.69. The summed E-state index contributed by atoms with van der Waals surface area (Å²) in [5.41, 5.74) is 6.87. The largest absolute Gasteiger partial charge is 0.436 e. The smallest absolute Gasteiger partial charge is 0.328 e. The van der Waals surface area contributed by atoms with Crippen LogP contribution in [0.1, 0.15) is 0 Å². The number of hydrogen-bond acceptors (Lipinski definition) is 4. The lowest BCUT2D eigenvalue weighted by Crippen LogP contribution is -2.60. The van der Waals surface area contributed by atoms with Crippen LogP contribution in [0.5, 0.6) is 0 Å². The van der Waals surface area contributed by atoms with Crippen LogP contribution in [0, 0.1) is 0 Å². The van der Waals surface area contributed by atoms with Crippen LogP contribution in [0.25, 0.3) is 0 Å². The highest BCUT2D eigenvalue weighted by molar-refractivity contribution is 6.96. The Kier molecular flexibility index (Phi) is 7.57. The van der Waals surface area contributed by atoms with Crippen LogP contribution in [0.2, 0.25) is 64.6 Å². The Morgan fingerprint density at radius 3 is 1.70 bits per heavy atom. The number of rotatable bonds is 9. The molecule has 122 valence electrons. The molecule has 20 heavy (non-hydrogen) atoms. The van der Waals surface area contributed by atoms with Gasteiger partial charge in [0.25, 0.3) is 0 Å². The van der Waals surface area contributed by atoms with Crippen molar-refractivity contribution in [3.8, 4) is 0 Å². The predicted octanol–water partition coefficient (Wildman–Crippen LogP) is 3.05. The summed E-state index contributed by atoms with van der Waals surface area (Å²) in [7, 11) is -6.59. The van der Waals surface area contributed by atoms with Gasteiger partial charge >= 0.3 is 8.56 Å². The van der Waals surface area contributed by atoms with Gasteiger partial charge in [0.15, 0.2) is 16.6 Å². The highest BCUT2D eigenvalue weighted by Gasteiger charge is 2.43. The van der Waals surface area contributed by atoms with Gasteiger partial charge in [0.2, 0.25) is 0 Å². The van der Waals surface area contributed by atoms with E-state index in [2.05, 4.69) is 64.2 Å². The van der Waals surface area contributed by atoms with Crippen molar-refractivity contribution in [1.29, 1.82) is 0 Å². The van der Waals surface area contributed by atoms with E-state index in [9.17, 15) is 0 Å². The van der Waals surface area contributed by atoms with Crippen molar-refractivity contribution >= 4 is 33.3 Å². The monoisotopic (exact) mass is 352 g/mol. The Morgan fingerprint density at radius 2 is 1.35 bits per heavy atom. The first-order valence-electron chi connectivity index (χ1n) is 7.49. The van der Waals surface area contributed by atoms with Crippen molar-refractivity contribution in [3.63, 3.8) is 0 Å². The number of nitrogens with one attached hydrogen (secondary N) is 1. The molecule has 0 aromatic heterocycles. The average molecular weight is 353 g/mol. The molecule has 0 radical (unpaired) electrons. The molecule has 8 heteroatoms. The van der Waals surface area contributed by atoms with Crippen molar-refractivity contribution in [2.24, 2.45) is 5.73 Å². The first kappa shape index (κ1) is 20.7. The third kappa shape index (κ3) is 10.4. The van der Waals surface area contributed by atoms with Crippen LogP contribution >= 0.6 is 0 Å². The standard InChI is InChI=1S/C12H36N2O2Si4/c1-17(2,3)12-19(7,8)16-20(9,11-14-10-13)15-18(4,5)6/h14H,10-13H2,1-9H3. The lowest BCUT2D eigenvalue weighted by Gasteiger charge is -2.41. The van der Waals surface area contributed by atoms with E-state index in [-0.39, 0.29) is 0 Å². The molecule has 1 unspecified atom stereocenters. The molecule has 0 heterocycles. The second kappa shape index (κ2) is 7.31. The van der Waals surface area contributed by atoms with Crippen LogP contribution in [-0.2, 0) is 8.23 Å². The summed E-state index contributed by atoms with van der Waals surface area (Å²) in [6.07, 6.45) is 0.788. The molecular formula is C12H36N2O2Si4. The second-order valence-electron chi connectivity index (χ2n) is 8.58. The zero-order chi connectivity index (χ0) is 16.2. The Hall–Kier alpha value is 0.708. The van der Waals surface area contributed by atoms with Gasteiger partial charge in [-0.25, -0.2) is 0 Å². The Bertz CT molecular complexity index is 303. The third-order valence-corrected chi connectivity index (χ3v) is 19.2. The Morgan fingerprint density at radius 1 is 0.850 bits per heavy atom. The third-order valence-electron chi connectivity index (χ3n) is 2.56. The molecular weight excluding hydrogens is 316 g/mol. The van der Waals surface area contributed by atoms with E-state index in [1.807, 2.05) is 0 Å². The molecule has 0 saturated carbocycles.